The van der Waals surface area contributed by atoms with Crippen molar-refractivity contribution in [2.24, 2.45) is 0 Å². The van der Waals surface area contributed by atoms with Gasteiger partial charge in [-0.25, -0.2) is 14.5 Å². The summed E-state index contributed by atoms with van der Waals surface area (Å²) in [5.74, 6) is 0.462. The normalized spacial score (nSPS) is 16.5. The first-order valence-corrected chi connectivity index (χ1v) is 5.70. The second-order valence-electron chi connectivity index (χ2n) is 3.73. The van der Waals surface area contributed by atoms with E-state index in [-0.39, 0.29) is 0 Å². The lowest BCUT2D eigenvalue weighted by atomic mass is 10.2. The molecular weight excluding hydrogens is 266 g/mol. The third-order valence-corrected chi connectivity index (χ3v) is 2.54. The number of fused-ring (bicyclic) bond motifs is 1. The highest BCUT2D eigenvalue weighted by Gasteiger charge is 2.30. The Bertz CT molecular complexity index is 541. The van der Waals surface area contributed by atoms with E-state index in [0.29, 0.717) is 5.75 Å². The minimum absolute atomic E-state index is 0.462. The smallest absolute Gasteiger partial charge is 0.452 e. The highest BCUT2D eigenvalue weighted by atomic mass is 16.8. The van der Waals surface area contributed by atoms with E-state index in [2.05, 4.69) is 9.47 Å². The SMILES string of the molecule is COC(=O)OC1Oc2ccccc2C=CN1C(=O)OC. The van der Waals surface area contributed by atoms with Gasteiger partial charge in [-0.1, -0.05) is 18.2 Å². The molecule has 1 unspecified atom stereocenters. The van der Waals surface area contributed by atoms with E-state index >= 15 is 0 Å². The minimum atomic E-state index is -1.31. The zero-order valence-electron chi connectivity index (χ0n) is 10.9. The lowest BCUT2D eigenvalue weighted by Gasteiger charge is -2.25. The minimum Gasteiger partial charge on any atom is -0.452 e. The van der Waals surface area contributed by atoms with Gasteiger partial charge in [0.1, 0.15) is 5.75 Å². The first-order valence-electron chi connectivity index (χ1n) is 5.70. The summed E-state index contributed by atoms with van der Waals surface area (Å²) in [7, 11) is 2.37. The maximum atomic E-state index is 11.7. The molecule has 1 amide bonds. The molecule has 0 saturated carbocycles. The number of hydrogen-bond acceptors (Lipinski definition) is 6. The van der Waals surface area contributed by atoms with E-state index in [1.165, 1.54) is 13.3 Å². The van der Waals surface area contributed by atoms with Gasteiger partial charge in [0, 0.05) is 11.8 Å². The zero-order valence-corrected chi connectivity index (χ0v) is 10.9. The summed E-state index contributed by atoms with van der Waals surface area (Å²) in [5.41, 5.74) is 0.734. The van der Waals surface area contributed by atoms with Gasteiger partial charge in [-0.15, -0.1) is 0 Å². The summed E-state index contributed by atoms with van der Waals surface area (Å²) >= 11 is 0. The van der Waals surface area contributed by atoms with Gasteiger partial charge in [0.2, 0.25) is 0 Å². The van der Waals surface area contributed by atoms with Gasteiger partial charge in [-0.2, -0.15) is 0 Å². The van der Waals surface area contributed by atoms with Gasteiger partial charge in [0.15, 0.2) is 0 Å². The Kier molecular flexibility index (Phi) is 4.09. The topological polar surface area (TPSA) is 74.3 Å². The molecule has 0 radical (unpaired) electrons. The Morgan fingerprint density at radius 3 is 2.65 bits per heavy atom. The third kappa shape index (κ3) is 2.82. The number of nitrogens with zero attached hydrogens (tertiary/aromatic N) is 1. The number of methoxy groups -OCH3 is 2. The molecular formula is C13H13NO6. The van der Waals surface area contributed by atoms with Gasteiger partial charge in [0.05, 0.1) is 14.2 Å². The number of benzene rings is 1. The van der Waals surface area contributed by atoms with Crippen LogP contribution >= 0.6 is 0 Å². The van der Waals surface area contributed by atoms with Gasteiger partial charge in [-0.05, 0) is 12.1 Å². The maximum Gasteiger partial charge on any atom is 0.512 e. The number of rotatable bonds is 1. The Morgan fingerprint density at radius 2 is 1.95 bits per heavy atom. The van der Waals surface area contributed by atoms with E-state index in [4.69, 9.17) is 9.47 Å². The lowest BCUT2D eigenvalue weighted by Crippen LogP contribution is -2.42. The summed E-state index contributed by atoms with van der Waals surface area (Å²) in [4.78, 5) is 23.9. The average Bonchev–Trinajstić information content (AvgIpc) is 2.65. The molecule has 0 saturated heterocycles. The molecule has 1 atom stereocenters. The van der Waals surface area contributed by atoms with E-state index in [1.807, 2.05) is 6.07 Å². The lowest BCUT2D eigenvalue weighted by molar-refractivity contribution is -0.122. The van der Waals surface area contributed by atoms with Crippen LogP contribution in [0.15, 0.2) is 30.5 Å². The number of amides is 1. The van der Waals surface area contributed by atoms with Crippen LogP contribution in [-0.2, 0) is 14.2 Å². The summed E-state index contributed by atoms with van der Waals surface area (Å²) in [5, 5.41) is 0. The van der Waals surface area contributed by atoms with Crippen LogP contribution in [0.3, 0.4) is 0 Å². The largest absolute Gasteiger partial charge is 0.512 e. The number of hydrogen-bond donors (Lipinski definition) is 0. The molecule has 0 fully saturated rings. The van der Waals surface area contributed by atoms with Gasteiger partial charge in [-0.3, -0.25) is 0 Å². The van der Waals surface area contributed by atoms with E-state index in [9.17, 15) is 9.59 Å². The van der Waals surface area contributed by atoms with Gasteiger partial charge >= 0.3 is 18.7 Å². The Balaban J connectivity index is 2.31. The summed E-state index contributed by atoms with van der Waals surface area (Å²) < 4.78 is 19.4. The predicted molar refractivity (Wildman–Crippen MR) is 67.6 cm³/mol. The van der Waals surface area contributed by atoms with Crippen molar-refractivity contribution in [3.05, 3.63) is 36.0 Å². The van der Waals surface area contributed by atoms with E-state index in [1.54, 1.807) is 24.3 Å². The van der Waals surface area contributed by atoms with Crippen molar-refractivity contribution in [2.45, 2.75) is 6.41 Å². The molecule has 0 spiro atoms. The zero-order chi connectivity index (χ0) is 14.5. The fourth-order valence-corrected chi connectivity index (χ4v) is 1.59. The van der Waals surface area contributed by atoms with Crippen LogP contribution in [0.5, 0.6) is 5.75 Å². The summed E-state index contributed by atoms with van der Waals surface area (Å²) in [6.07, 6.45) is 0.0347. The molecule has 1 aromatic carbocycles. The molecule has 1 heterocycles. The molecule has 106 valence electrons. The van der Waals surface area contributed by atoms with Crippen molar-refractivity contribution in [2.75, 3.05) is 14.2 Å². The molecule has 0 aromatic heterocycles. The number of carbonyl (C=O) groups excluding carboxylic acids is 2. The molecule has 0 bridgehead atoms. The van der Waals surface area contributed by atoms with Crippen molar-refractivity contribution in [1.29, 1.82) is 0 Å². The Morgan fingerprint density at radius 1 is 1.20 bits per heavy atom. The second kappa shape index (κ2) is 5.96. The van der Waals surface area contributed by atoms with Crippen LogP contribution in [-0.4, -0.2) is 37.8 Å². The Hall–Kier alpha value is -2.70. The molecule has 1 aromatic rings. The maximum absolute atomic E-state index is 11.7. The molecule has 1 aliphatic heterocycles. The van der Waals surface area contributed by atoms with Crippen molar-refractivity contribution < 1.29 is 28.5 Å². The Labute approximate surface area is 115 Å². The van der Waals surface area contributed by atoms with Crippen molar-refractivity contribution in [3.8, 4) is 5.75 Å². The highest BCUT2D eigenvalue weighted by Crippen LogP contribution is 2.26. The van der Waals surface area contributed by atoms with E-state index < -0.39 is 18.7 Å². The number of carbonyl (C=O) groups is 2. The standard InChI is InChI=1S/C13H13NO6/c1-17-11(15)14-8-7-9-5-3-4-6-10(9)19-12(14)20-13(16)18-2/h3-8,12H,1-2H3. The van der Waals surface area contributed by atoms with Crippen LogP contribution < -0.4 is 4.74 Å². The second-order valence-corrected chi connectivity index (χ2v) is 3.73. The van der Waals surface area contributed by atoms with Crippen LogP contribution in [0.1, 0.15) is 5.56 Å². The molecule has 0 N–H and O–H groups in total. The van der Waals surface area contributed by atoms with Crippen LogP contribution in [0.2, 0.25) is 0 Å². The monoisotopic (exact) mass is 279 g/mol. The van der Waals surface area contributed by atoms with Gasteiger partial charge < -0.3 is 18.9 Å². The van der Waals surface area contributed by atoms with Gasteiger partial charge in [0.25, 0.3) is 0 Å². The van der Waals surface area contributed by atoms with Crippen molar-refractivity contribution >= 4 is 18.3 Å². The molecule has 1 aliphatic rings. The first kappa shape index (κ1) is 13.7. The first-order chi connectivity index (χ1) is 9.65. The fourth-order valence-electron chi connectivity index (χ4n) is 1.59. The summed E-state index contributed by atoms with van der Waals surface area (Å²) in [6.45, 7) is 0. The quantitative estimate of drug-likeness (QED) is 0.733. The van der Waals surface area contributed by atoms with Crippen LogP contribution in [0.25, 0.3) is 6.08 Å². The summed E-state index contributed by atoms with van der Waals surface area (Å²) in [6, 6.07) is 7.06. The fraction of sp³-hybridized carbons (Fsp3) is 0.231. The predicted octanol–water partition coefficient (Wildman–Crippen LogP) is 2.18. The molecule has 0 aliphatic carbocycles. The molecule has 2 rings (SSSR count). The number of para-hydroxylation sites is 1. The number of ether oxygens (including phenoxy) is 4. The van der Waals surface area contributed by atoms with Crippen molar-refractivity contribution in [1.82, 2.24) is 4.90 Å². The van der Waals surface area contributed by atoms with Crippen molar-refractivity contribution in [3.63, 3.8) is 0 Å². The third-order valence-electron chi connectivity index (χ3n) is 2.54. The van der Waals surface area contributed by atoms with E-state index in [0.717, 1.165) is 17.6 Å². The molecule has 7 heteroatoms. The molecule has 20 heavy (non-hydrogen) atoms. The van der Waals surface area contributed by atoms with Crippen LogP contribution in [0, 0.1) is 0 Å². The average molecular weight is 279 g/mol. The highest BCUT2D eigenvalue weighted by molar-refractivity contribution is 5.72. The van der Waals surface area contributed by atoms with Crippen LogP contribution in [0.4, 0.5) is 9.59 Å². The molecule has 7 nitrogen and oxygen atoms in total.